The molecule has 1 heterocycles. The average Bonchev–Trinajstić information content (AvgIpc) is 2.92. The summed E-state index contributed by atoms with van der Waals surface area (Å²) in [6.07, 6.45) is 5.44. The first-order valence-electron chi connectivity index (χ1n) is 7.97. The Hall–Kier alpha value is -0.930. The molecule has 1 aromatic heterocycles. The van der Waals surface area contributed by atoms with E-state index >= 15 is 0 Å². The normalized spacial score (nSPS) is 16.1. The van der Waals surface area contributed by atoms with Crippen LogP contribution in [0.1, 0.15) is 50.9 Å². The lowest BCUT2D eigenvalue weighted by Crippen LogP contribution is -2.19. The van der Waals surface area contributed by atoms with E-state index in [1.165, 1.54) is 25.7 Å². The van der Waals surface area contributed by atoms with Crippen molar-refractivity contribution in [3.63, 3.8) is 0 Å². The van der Waals surface area contributed by atoms with Crippen LogP contribution in [0.5, 0.6) is 0 Å². The number of nitrogens with zero attached hydrogens (tertiary/aromatic N) is 1. The summed E-state index contributed by atoms with van der Waals surface area (Å²) in [4.78, 5) is 4.65. The minimum atomic E-state index is 0.647. The van der Waals surface area contributed by atoms with Crippen molar-refractivity contribution in [2.24, 2.45) is 11.8 Å². The largest absolute Gasteiger partial charge is 0.375 e. The van der Waals surface area contributed by atoms with Gasteiger partial charge < -0.3 is 10.1 Å². The molecule has 2 rings (SSSR count). The zero-order valence-corrected chi connectivity index (χ0v) is 12.9. The second-order valence-corrected chi connectivity index (χ2v) is 6.31. The monoisotopic (exact) mass is 276 g/mol. The average molecular weight is 276 g/mol. The van der Waals surface area contributed by atoms with Crippen molar-refractivity contribution in [1.82, 2.24) is 10.3 Å². The number of pyridine rings is 1. The summed E-state index contributed by atoms with van der Waals surface area (Å²) < 4.78 is 5.82. The Morgan fingerprint density at radius 2 is 2.00 bits per heavy atom. The van der Waals surface area contributed by atoms with E-state index in [1.807, 2.05) is 0 Å². The van der Waals surface area contributed by atoms with Gasteiger partial charge in [-0.25, -0.2) is 0 Å². The van der Waals surface area contributed by atoms with Gasteiger partial charge in [0, 0.05) is 13.2 Å². The van der Waals surface area contributed by atoms with Gasteiger partial charge in [0.05, 0.1) is 18.0 Å². The molecule has 1 saturated carbocycles. The van der Waals surface area contributed by atoms with Crippen LogP contribution in [0.2, 0.25) is 0 Å². The van der Waals surface area contributed by atoms with Gasteiger partial charge in [-0.3, -0.25) is 4.98 Å². The molecule has 1 aliphatic carbocycles. The molecular weight excluding hydrogens is 248 g/mol. The highest BCUT2D eigenvalue weighted by atomic mass is 16.5. The molecule has 3 heteroatoms. The summed E-state index contributed by atoms with van der Waals surface area (Å²) in [7, 11) is 0. The van der Waals surface area contributed by atoms with Crippen LogP contribution in [0, 0.1) is 11.8 Å². The number of aromatic nitrogens is 1. The van der Waals surface area contributed by atoms with E-state index in [0.717, 1.165) is 37.0 Å². The fraction of sp³-hybridized carbons (Fsp3) is 0.706. The van der Waals surface area contributed by atoms with Crippen molar-refractivity contribution in [3.8, 4) is 0 Å². The van der Waals surface area contributed by atoms with Crippen LogP contribution < -0.4 is 5.32 Å². The summed E-state index contributed by atoms with van der Waals surface area (Å²) in [6.45, 7) is 7.85. The predicted molar refractivity (Wildman–Crippen MR) is 82.4 cm³/mol. The Balaban J connectivity index is 1.71. The maximum atomic E-state index is 5.82. The lowest BCUT2D eigenvalue weighted by Gasteiger charge is -2.11. The number of ether oxygens (including phenoxy) is 1. The molecule has 0 saturated heterocycles. The van der Waals surface area contributed by atoms with Gasteiger partial charge in [-0.15, -0.1) is 0 Å². The molecule has 0 bridgehead atoms. The van der Waals surface area contributed by atoms with Crippen molar-refractivity contribution >= 4 is 0 Å². The molecule has 0 unspecified atom stereocenters. The molecule has 0 aliphatic heterocycles. The molecule has 0 aromatic carbocycles. The molecule has 1 N–H and O–H groups in total. The molecular formula is C17H28N2O. The first-order valence-corrected chi connectivity index (χ1v) is 7.97. The third kappa shape index (κ3) is 5.59. The van der Waals surface area contributed by atoms with Crippen LogP contribution in [0.15, 0.2) is 18.2 Å². The summed E-state index contributed by atoms with van der Waals surface area (Å²) >= 11 is 0. The van der Waals surface area contributed by atoms with Crippen LogP contribution in [0.4, 0.5) is 0 Å². The van der Waals surface area contributed by atoms with Gasteiger partial charge in [0.25, 0.3) is 0 Å². The quantitative estimate of drug-likeness (QED) is 0.788. The number of rotatable bonds is 8. The second kappa shape index (κ2) is 8.38. The van der Waals surface area contributed by atoms with Crippen molar-refractivity contribution in [3.05, 3.63) is 29.6 Å². The van der Waals surface area contributed by atoms with Gasteiger partial charge >= 0.3 is 0 Å². The highest BCUT2D eigenvalue weighted by molar-refractivity contribution is 5.10. The molecule has 1 fully saturated rings. The van der Waals surface area contributed by atoms with Crippen molar-refractivity contribution < 1.29 is 4.74 Å². The van der Waals surface area contributed by atoms with Gasteiger partial charge in [-0.2, -0.15) is 0 Å². The lowest BCUT2D eigenvalue weighted by atomic mass is 10.1. The maximum absolute atomic E-state index is 5.82. The fourth-order valence-electron chi connectivity index (χ4n) is 2.70. The summed E-state index contributed by atoms with van der Waals surface area (Å²) in [5.41, 5.74) is 2.15. The smallest absolute Gasteiger partial charge is 0.0888 e. The molecule has 1 aliphatic rings. The van der Waals surface area contributed by atoms with Crippen LogP contribution in [-0.2, 0) is 17.9 Å². The Bertz CT molecular complexity index is 386. The van der Waals surface area contributed by atoms with E-state index in [2.05, 4.69) is 42.3 Å². The highest BCUT2D eigenvalue weighted by Gasteiger charge is 2.14. The standard InChI is InChI=1S/C17H28N2O/c1-14(2)10-18-11-16-8-5-9-17(19-16)13-20-12-15-6-3-4-7-15/h5,8-9,14-15,18H,3-4,6-7,10-13H2,1-2H3. The van der Waals surface area contributed by atoms with E-state index in [9.17, 15) is 0 Å². The zero-order chi connectivity index (χ0) is 14.2. The maximum Gasteiger partial charge on any atom is 0.0888 e. The lowest BCUT2D eigenvalue weighted by molar-refractivity contribution is 0.0866. The van der Waals surface area contributed by atoms with Gasteiger partial charge in [0.2, 0.25) is 0 Å². The topological polar surface area (TPSA) is 34.1 Å². The molecule has 0 amide bonds. The van der Waals surface area contributed by atoms with Crippen LogP contribution >= 0.6 is 0 Å². The van der Waals surface area contributed by atoms with Gasteiger partial charge in [-0.05, 0) is 43.4 Å². The molecule has 3 nitrogen and oxygen atoms in total. The number of hydrogen-bond acceptors (Lipinski definition) is 3. The van der Waals surface area contributed by atoms with E-state index in [0.29, 0.717) is 12.5 Å². The summed E-state index contributed by atoms with van der Waals surface area (Å²) in [5, 5.41) is 3.43. The van der Waals surface area contributed by atoms with E-state index in [4.69, 9.17) is 4.74 Å². The Kier molecular flexibility index (Phi) is 6.48. The van der Waals surface area contributed by atoms with Gasteiger partial charge in [-0.1, -0.05) is 32.8 Å². The van der Waals surface area contributed by atoms with Crippen LogP contribution in [0.25, 0.3) is 0 Å². The van der Waals surface area contributed by atoms with Crippen molar-refractivity contribution in [1.29, 1.82) is 0 Å². The van der Waals surface area contributed by atoms with Crippen molar-refractivity contribution in [2.75, 3.05) is 13.2 Å². The van der Waals surface area contributed by atoms with E-state index in [1.54, 1.807) is 0 Å². The first kappa shape index (κ1) is 15.5. The third-order valence-electron chi connectivity index (χ3n) is 3.80. The molecule has 0 radical (unpaired) electrons. The van der Waals surface area contributed by atoms with E-state index in [-0.39, 0.29) is 0 Å². The van der Waals surface area contributed by atoms with Gasteiger partial charge in [0.1, 0.15) is 0 Å². The van der Waals surface area contributed by atoms with Crippen molar-refractivity contribution in [2.45, 2.75) is 52.7 Å². The second-order valence-electron chi connectivity index (χ2n) is 6.31. The zero-order valence-electron chi connectivity index (χ0n) is 12.9. The summed E-state index contributed by atoms with van der Waals surface area (Å²) in [6, 6.07) is 6.21. The molecule has 112 valence electrons. The highest BCUT2D eigenvalue weighted by Crippen LogP contribution is 2.24. The Labute approximate surface area is 123 Å². The van der Waals surface area contributed by atoms with E-state index < -0.39 is 0 Å². The molecule has 0 spiro atoms. The molecule has 0 atom stereocenters. The first-order chi connectivity index (χ1) is 9.74. The fourth-order valence-corrected chi connectivity index (χ4v) is 2.70. The van der Waals surface area contributed by atoms with Crippen LogP contribution in [0.3, 0.4) is 0 Å². The van der Waals surface area contributed by atoms with Crippen LogP contribution in [-0.4, -0.2) is 18.1 Å². The molecule has 1 aromatic rings. The molecule has 20 heavy (non-hydrogen) atoms. The Morgan fingerprint density at radius 3 is 2.75 bits per heavy atom. The minimum absolute atomic E-state index is 0.647. The summed E-state index contributed by atoms with van der Waals surface area (Å²) in [5.74, 6) is 1.46. The van der Waals surface area contributed by atoms with Gasteiger partial charge in [0.15, 0.2) is 0 Å². The minimum Gasteiger partial charge on any atom is -0.375 e. The third-order valence-corrected chi connectivity index (χ3v) is 3.80. The number of hydrogen-bond donors (Lipinski definition) is 1. The Morgan fingerprint density at radius 1 is 1.25 bits per heavy atom. The predicted octanol–water partition coefficient (Wildman–Crippen LogP) is 3.53. The SMILES string of the molecule is CC(C)CNCc1cccc(COCC2CCCC2)n1. The number of nitrogens with one attached hydrogen (secondary N) is 1.